The number of hydrogen-bond acceptors (Lipinski definition) is 4. The lowest BCUT2D eigenvalue weighted by Gasteiger charge is -2.08. The molecule has 0 atom stereocenters. The van der Waals surface area contributed by atoms with E-state index in [1.165, 1.54) is 5.56 Å². The van der Waals surface area contributed by atoms with E-state index in [0.29, 0.717) is 34.4 Å². The predicted octanol–water partition coefficient (Wildman–Crippen LogP) is 5.66. The number of nitrogens with two attached hydrogens (primary N) is 2. The maximum atomic E-state index is 12.4. The standard InChI is InChI=1S/C24H24N2O2/c1-16(2)18-6-3-17(4-7-18)5-12-24(27)19-8-10-22(11-9-19)28-23-14-20(25)13-21(26)15-23/h3-16H,25-26H2,1-2H3/b12-5+. The van der Waals surface area contributed by atoms with Gasteiger partial charge in [0, 0.05) is 29.1 Å². The molecule has 0 radical (unpaired) electrons. The van der Waals surface area contributed by atoms with Gasteiger partial charge in [0.05, 0.1) is 0 Å². The first-order valence-corrected chi connectivity index (χ1v) is 9.17. The van der Waals surface area contributed by atoms with E-state index >= 15 is 0 Å². The molecule has 142 valence electrons. The number of ether oxygens (including phenoxy) is 1. The second-order valence-corrected chi connectivity index (χ2v) is 6.98. The van der Waals surface area contributed by atoms with Crippen LogP contribution in [-0.4, -0.2) is 5.78 Å². The fourth-order valence-corrected chi connectivity index (χ4v) is 2.79. The van der Waals surface area contributed by atoms with E-state index in [4.69, 9.17) is 16.2 Å². The molecule has 4 heteroatoms. The van der Waals surface area contributed by atoms with Crippen molar-refractivity contribution in [2.24, 2.45) is 0 Å². The molecule has 0 aliphatic rings. The molecule has 3 aromatic rings. The summed E-state index contributed by atoms with van der Waals surface area (Å²) in [7, 11) is 0. The summed E-state index contributed by atoms with van der Waals surface area (Å²) in [5, 5.41) is 0. The highest BCUT2D eigenvalue weighted by atomic mass is 16.5. The molecule has 0 amide bonds. The molecule has 0 unspecified atom stereocenters. The summed E-state index contributed by atoms with van der Waals surface area (Å²) in [6.07, 6.45) is 3.41. The van der Waals surface area contributed by atoms with Crippen LogP contribution in [0.15, 0.2) is 72.8 Å². The van der Waals surface area contributed by atoms with Gasteiger partial charge in [0.15, 0.2) is 5.78 Å². The Labute approximate surface area is 165 Å². The van der Waals surface area contributed by atoms with Crippen LogP contribution < -0.4 is 16.2 Å². The van der Waals surface area contributed by atoms with Gasteiger partial charge in [-0.25, -0.2) is 0 Å². The van der Waals surface area contributed by atoms with Gasteiger partial charge >= 0.3 is 0 Å². The van der Waals surface area contributed by atoms with Gasteiger partial charge in [-0.2, -0.15) is 0 Å². The summed E-state index contributed by atoms with van der Waals surface area (Å²) < 4.78 is 5.75. The number of benzene rings is 3. The summed E-state index contributed by atoms with van der Waals surface area (Å²) in [6.45, 7) is 4.31. The lowest BCUT2D eigenvalue weighted by molar-refractivity contribution is 0.104. The lowest BCUT2D eigenvalue weighted by atomic mass is 10.0. The Morgan fingerprint density at radius 3 is 2.04 bits per heavy atom. The second kappa shape index (κ2) is 8.44. The zero-order valence-electron chi connectivity index (χ0n) is 16.1. The number of anilines is 2. The van der Waals surface area contributed by atoms with Crippen molar-refractivity contribution in [2.45, 2.75) is 19.8 Å². The van der Waals surface area contributed by atoms with Crippen LogP contribution in [0.25, 0.3) is 6.08 Å². The quantitative estimate of drug-likeness (QED) is 0.332. The normalized spacial score (nSPS) is 11.1. The van der Waals surface area contributed by atoms with Crippen LogP contribution in [-0.2, 0) is 0 Å². The Balaban J connectivity index is 1.66. The summed E-state index contributed by atoms with van der Waals surface area (Å²) in [6, 6.07) is 20.2. The van der Waals surface area contributed by atoms with E-state index < -0.39 is 0 Å². The third-order valence-corrected chi connectivity index (χ3v) is 4.36. The number of ketones is 1. The minimum Gasteiger partial charge on any atom is -0.457 e. The Bertz CT molecular complexity index is 968. The fourth-order valence-electron chi connectivity index (χ4n) is 2.79. The maximum Gasteiger partial charge on any atom is 0.185 e. The third kappa shape index (κ3) is 5.01. The van der Waals surface area contributed by atoms with Crippen molar-refractivity contribution in [1.29, 1.82) is 0 Å². The van der Waals surface area contributed by atoms with Crippen LogP contribution in [0.1, 0.15) is 41.3 Å². The summed E-state index contributed by atoms with van der Waals surface area (Å²) >= 11 is 0. The van der Waals surface area contributed by atoms with E-state index in [9.17, 15) is 4.79 Å². The Morgan fingerprint density at radius 1 is 0.857 bits per heavy atom. The van der Waals surface area contributed by atoms with Gasteiger partial charge in [0.25, 0.3) is 0 Å². The molecule has 0 fully saturated rings. The van der Waals surface area contributed by atoms with Crippen molar-refractivity contribution in [3.63, 3.8) is 0 Å². The Kier molecular flexibility index (Phi) is 5.80. The van der Waals surface area contributed by atoms with Gasteiger partial charge in [-0.05, 0) is 53.5 Å². The van der Waals surface area contributed by atoms with Crippen molar-refractivity contribution in [3.05, 3.63) is 89.5 Å². The Hall–Kier alpha value is -3.53. The molecule has 0 aliphatic heterocycles. The molecule has 0 heterocycles. The van der Waals surface area contributed by atoms with Crippen molar-refractivity contribution >= 4 is 23.2 Å². The number of nitrogen functional groups attached to an aromatic ring is 2. The van der Waals surface area contributed by atoms with E-state index in [2.05, 4.69) is 26.0 Å². The molecule has 0 saturated carbocycles. The predicted molar refractivity (Wildman–Crippen MR) is 116 cm³/mol. The molecule has 0 aromatic heterocycles. The fraction of sp³-hybridized carbons (Fsp3) is 0.125. The monoisotopic (exact) mass is 372 g/mol. The first-order valence-electron chi connectivity index (χ1n) is 9.17. The highest BCUT2D eigenvalue weighted by Gasteiger charge is 2.05. The average Bonchev–Trinajstić information content (AvgIpc) is 2.66. The number of rotatable bonds is 6. The molecule has 0 spiro atoms. The van der Waals surface area contributed by atoms with Crippen LogP contribution in [0, 0.1) is 0 Å². The molecule has 28 heavy (non-hydrogen) atoms. The SMILES string of the molecule is CC(C)c1ccc(/C=C/C(=O)c2ccc(Oc3cc(N)cc(N)c3)cc2)cc1. The summed E-state index contributed by atoms with van der Waals surface area (Å²) in [4.78, 5) is 12.4. The topological polar surface area (TPSA) is 78.3 Å². The van der Waals surface area contributed by atoms with Crippen LogP contribution >= 0.6 is 0 Å². The summed E-state index contributed by atoms with van der Waals surface area (Å²) in [5.74, 6) is 1.59. The van der Waals surface area contributed by atoms with E-state index in [1.54, 1.807) is 48.5 Å². The highest BCUT2D eigenvalue weighted by molar-refractivity contribution is 6.06. The molecular formula is C24H24N2O2. The van der Waals surface area contributed by atoms with Crippen molar-refractivity contribution in [3.8, 4) is 11.5 Å². The smallest absolute Gasteiger partial charge is 0.185 e. The molecule has 3 aromatic carbocycles. The number of allylic oxidation sites excluding steroid dienone is 1. The number of carbonyl (C=O) groups excluding carboxylic acids is 1. The first-order chi connectivity index (χ1) is 13.4. The van der Waals surface area contributed by atoms with Gasteiger partial charge in [-0.15, -0.1) is 0 Å². The number of carbonyl (C=O) groups is 1. The molecule has 0 saturated heterocycles. The maximum absolute atomic E-state index is 12.4. The zero-order valence-corrected chi connectivity index (χ0v) is 16.1. The largest absolute Gasteiger partial charge is 0.457 e. The molecule has 0 aliphatic carbocycles. The van der Waals surface area contributed by atoms with Crippen LogP contribution in [0.4, 0.5) is 11.4 Å². The molecular weight excluding hydrogens is 348 g/mol. The molecule has 0 bridgehead atoms. The van der Waals surface area contributed by atoms with E-state index in [1.807, 2.05) is 18.2 Å². The highest BCUT2D eigenvalue weighted by Crippen LogP contribution is 2.26. The molecule has 4 N–H and O–H groups in total. The summed E-state index contributed by atoms with van der Waals surface area (Å²) in [5.41, 5.74) is 15.5. The van der Waals surface area contributed by atoms with E-state index in [0.717, 1.165) is 5.56 Å². The molecule has 4 nitrogen and oxygen atoms in total. The lowest BCUT2D eigenvalue weighted by Crippen LogP contribution is -1.95. The van der Waals surface area contributed by atoms with Crippen LogP contribution in [0.2, 0.25) is 0 Å². The average molecular weight is 372 g/mol. The zero-order chi connectivity index (χ0) is 20.1. The van der Waals surface area contributed by atoms with Crippen molar-refractivity contribution < 1.29 is 9.53 Å². The van der Waals surface area contributed by atoms with Crippen molar-refractivity contribution in [2.75, 3.05) is 11.5 Å². The van der Waals surface area contributed by atoms with Gasteiger partial charge in [-0.1, -0.05) is 44.2 Å². The van der Waals surface area contributed by atoms with Gasteiger partial charge < -0.3 is 16.2 Å². The van der Waals surface area contributed by atoms with Crippen LogP contribution in [0.3, 0.4) is 0 Å². The number of hydrogen-bond donors (Lipinski definition) is 2. The van der Waals surface area contributed by atoms with Crippen molar-refractivity contribution in [1.82, 2.24) is 0 Å². The van der Waals surface area contributed by atoms with Gasteiger partial charge in [-0.3, -0.25) is 4.79 Å². The van der Waals surface area contributed by atoms with E-state index in [-0.39, 0.29) is 5.78 Å². The van der Waals surface area contributed by atoms with Gasteiger partial charge in [0.1, 0.15) is 11.5 Å². The minimum absolute atomic E-state index is 0.0623. The van der Waals surface area contributed by atoms with Crippen LogP contribution in [0.5, 0.6) is 11.5 Å². The Morgan fingerprint density at radius 2 is 1.46 bits per heavy atom. The first kappa shape index (κ1) is 19.2. The van der Waals surface area contributed by atoms with Gasteiger partial charge in [0.2, 0.25) is 0 Å². The minimum atomic E-state index is -0.0623. The second-order valence-electron chi connectivity index (χ2n) is 6.98. The third-order valence-electron chi connectivity index (χ3n) is 4.36. The molecule has 3 rings (SSSR count).